The van der Waals surface area contributed by atoms with Crippen molar-refractivity contribution in [1.82, 2.24) is 15.0 Å². The maximum absolute atomic E-state index is 9.46. The molecule has 0 radical (unpaired) electrons. The molecule has 2 N–H and O–H groups in total. The molecule has 2 aromatic carbocycles. The van der Waals surface area contributed by atoms with E-state index in [2.05, 4.69) is 26.9 Å². The van der Waals surface area contributed by atoms with Gasteiger partial charge in [0.25, 0.3) is 0 Å². The molecule has 0 aliphatic rings. The molecule has 118 valence electrons. The molecule has 1 heterocycles. The fraction of sp³-hybridized carbons (Fsp3) is 0.222. The fourth-order valence-electron chi connectivity index (χ4n) is 2.53. The maximum atomic E-state index is 9.46. The molecule has 0 aliphatic heterocycles. The lowest BCUT2D eigenvalue weighted by molar-refractivity contribution is 0.235. The third-order valence-electron chi connectivity index (χ3n) is 3.73. The number of nitrogens with one attached hydrogen (secondary N) is 1. The minimum atomic E-state index is 0.388. The number of rotatable bonds is 5. The number of hydrogen-bond donors (Lipinski definition) is 2. The number of hydrogen-bond acceptors (Lipinski definition) is 3. The van der Waals surface area contributed by atoms with Gasteiger partial charge < -0.3 is 4.57 Å². The number of benzene rings is 2. The topological polar surface area (TPSA) is 62.4 Å². The SMILES string of the molecule is CCCCn1c(N=C(NO)c2ccccc2)nc2ccccc21. The summed E-state index contributed by atoms with van der Waals surface area (Å²) in [4.78, 5) is 9.15. The first-order valence-electron chi connectivity index (χ1n) is 7.83. The predicted molar refractivity (Wildman–Crippen MR) is 92.2 cm³/mol. The zero-order valence-electron chi connectivity index (χ0n) is 13.1. The van der Waals surface area contributed by atoms with Crippen molar-refractivity contribution in [2.24, 2.45) is 4.99 Å². The summed E-state index contributed by atoms with van der Waals surface area (Å²) in [5.41, 5.74) is 4.97. The molecular formula is C18H20N4O. The number of aromatic nitrogens is 2. The second-order valence-corrected chi connectivity index (χ2v) is 5.34. The normalized spacial score (nSPS) is 11.8. The van der Waals surface area contributed by atoms with Crippen LogP contribution in [-0.4, -0.2) is 20.6 Å². The van der Waals surface area contributed by atoms with Crippen LogP contribution in [0.5, 0.6) is 0 Å². The number of unbranched alkanes of at least 4 members (excludes halogenated alkanes) is 1. The van der Waals surface area contributed by atoms with Gasteiger partial charge in [-0.2, -0.15) is 4.99 Å². The van der Waals surface area contributed by atoms with Crippen LogP contribution in [0.4, 0.5) is 5.95 Å². The highest BCUT2D eigenvalue weighted by molar-refractivity contribution is 5.99. The summed E-state index contributed by atoms with van der Waals surface area (Å²) in [7, 11) is 0. The number of fused-ring (bicyclic) bond motifs is 1. The van der Waals surface area contributed by atoms with Crippen molar-refractivity contribution in [2.75, 3.05) is 0 Å². The van der Waals surface area contributed by atoms with E-state index < -0.39 is 0 Å². The first-order valence-corrected chi connectivity index (χ1v) is 7.83. The van der Waals surface area contributed by atoms with Crippen molar-refractivity contribution in [2.45, 2.75) is 26.3 Å². The van der Waals surface area contributed by atoms with Crippen LogP contribution < -0.4 is 5.48 Å². The molecular weight excluding hydrogens is 288 g/mol. The summed E-state index contributed by atoms with van der Waals surface area (Å²) in [5, 5.41) is 9.46. The minimum Gasteiger partial charge on any atom is -0.308 e. The van der Waals surface area contributed by atoms with Gasteiger partial charge >= 0.3 is 0 Å². The van der Waals surface area contributed by atoms with E-state index in [1.165, 1.54) is 0 Å². The molecule has 23 heavy (non-hydrogen) atoms. The third kappa shape index (κ3) is 3.24. The Labute approximate surface area is 135 Å². The van der Waals surface area contributed by atoms with E-state index in [0.29, 0.717) is 11.8 Å². The second-order valence-electron chi connectivity index (χ2n) is 5.34. The molecule has 0 atom stereocenters. The van der Waals surface area contributed by atoms with Gasteiger partial charge in [-0.25, -0.2) is 4.98 Å². The van der Waals surface area contributed by atoms with Gasteiger partial charge in [-0.1, -0.05) is 55.8 Å². The van der Waals surface area contributed by atoms with E-state index >= 15 is 0 Å². The fourth-order valence-corrected chi connectivity index (χ4v) is 2.53. The van der Waals surface area contributed by atoms with Gasteiger partial charge in [-0.05, 0) is 18.6 Å². The van der Waals surface area contributed by atoms with Crippen LogP contribution in [0.25, 0.3) is 11.0 Å². The van der Waals surface area contributed by atoms with Crippen LogP contribution in [0.1, 0.15) is 25.3 Å². The highest BCUT2D eigenvalue weighted by Gasteiger charge is 2.11. The minimum absolute atomic E-state index is 0.388. The Kier molecular flexibility index (Phi) is 4.68. The molecule has 0 spiro atoms. The summed E-state index contributed by atoms with van der Waals surface area (Å²) in [5.74, 6) is 0.985. The molecule has 0 saturated heterocycles. The zero-order valence-corrected chi connectivity index (χ0v) is 13.1. The van der Waals surface area contributed by atoms with Crippen molar-refractivity contribution in [1.29, 1.82) is 0 Å². The molecule has 0 amide bonds. The Morgan fingerprint density at radius 2 is 1.87 bits per heavy atom. The van der Waals surface area contributed by atoms with E-state index in [1.807, 2.05) is 54.6 Å². The van der Waals surface area contributed by atoms with Crippen molar-refractivity contribution in [3.05, 3.63) is 60.2 Å². The molecule has 5 heteroatoms. The van der Waals surface area contributed by atoms with Gasteiger partial charge in [0, 0.05) is 12.1 Å². The maximum Gasteiger partial charge on any atom is 0.232 e. The second kappa shape index (κ2) is 7.07. The zero-order chi connectivity index (χ0) is 16.1. The van der Waals surface area contributed by atoms with Gasteiger partial charge in [0.1, 0.15) is 0 Å². The first kappa shape index (κ1) is 15.2. The smallest absolute Gasteiger partial charge is 0.232 e. The van der Waals surface area contributed by atoms with E-state index in [4.69, 9.17) is 0 Å². The van der Waals surface area contributed by atoms with Gasteiger partial charge in [-0.3, -0.25) is 10.7 Å². The van der Waals surface area contributed by atoms with Crippen LogP contribution in [0.2, 0.25) is 0 Å². The van der Waals surface area contributed by atoms with Gasteiger partial charge in [0.15, 0.2) is 5.84 Å². The van der Waals surface area contributed by atoms with Crippen molar-refractivity contribution in [3.8, 4) is 0 Å². The summed E-state index contributed by atoms with van der Waals surface area (Å²) in [6.07, 6.45) is 2.15. The quantitative estimate of drug-likeness (QED) is 0.427. The standard InChI is InChI=1S/C18H20N4O/c1-2-3-13-22-16-12-8-7-11-15(16)19-18(22)20-17(21-23)14-9-5-4-6-10-14/h4-12,23H,2-3,13H2,1H3,(H,19,20,21). The van der Waals surface area contributed by atoms with E-state index in [-0.39, 0.29) is 0 Å². The molecule has 3 aromatic rings. The number of hydroxylamine groups is 1. The van der Waals surface area contributed by atoms with Gasteiger partial charge in [0.2, 0.25) is 5.95 Å². The Hall–Kier alpha value is -2.66. The molecule has 0 fully saturated rings. The van der Waals surface area contributed by atoms with Gasteiger partial charge in [-0.15, -0.1) is 0 Å². The molecule has 5 nitrogen and oxygen atoms in total. The van der Waals surface area contributed by atoms with Crippen LogP contribution in [0, 0.1) is 0 Å². The van der Waals surface area contributed by atoms with Crippen LogP contribution in [0.3, 0.4) is 0 Å². The van der Waals surface area contributed by atoms with Crippen LogP contribution >= 0.6 is 0 Å². The highest BCUT2D eigenvalue weighted by atomic mass is 16.5. The summed E-state index contributed by atoms with van der Waals surface area (Å²) in [6.45, 7) is 3.01. The average Bonchev–Trinajstić information content (AvgIpc) is 2.95. The number of nitrogens with zero attached hydrogens (tertiary/aromatic N) is 3. The summed E-state index contributed by atoms with van der Waals surface area (Å²) >= 11 is 0. The lowest BCUT2D eigenvalue weighted by Crippen LogP contribution is -2.20. The Morgan fingerprint density at radius 1 is 1.13 bits per heavy atom. The summed E-state index contributed by atoms with van der Waals surface area (Å²) < 4.78 is 2.10. The monoisotopic (exact) mass is 308 g/mol. The Balaban J connectivity index is 2.09. The molecule has 0 bridgehead atoms. The molecule has 0 saturated carbocycles. The number of aliphatic imine (C=N–C) groups is 1. The van der Waals surface area contributed by atoms with E-state index in [0.717, 1.165) is 36.0 Å². The molecule has 0 unspecified atom stereocenters. The average molecular weight is 308 g/mol. The van der Waals surface area contributed by atoms with Crippen molar-refractivity contribution in [3.63, 3.8) is 0 Å². The largest absolute Gasteiger partial charge is 0.308 e. The molecule has 0 aliphatic carbocycles. The number of para-hydroxylation sites is 2. The number of aryl methyl sites for hydroxylation is 1. The lowest BCUT2D eigenvalue weighted by atomic mass is 10.2. The third-order valence-corrected chi connectivity index (χ3v) is 3.73. The summed E-state index contributed by atoms with van der Waals surface area (Å²) in [6, 6.07) is 17.5. The number of imidazole rings is 1. The predicted octanol–water partition coefficient (Wildman–Crippen LogP) is 3.89. The van der Waals surface area contributed by atoms with Crippen molar-refractivity contribution < 1.29 is 5.21 Å². The Morgan fingerprint density at radius 3 is 2.61 bits per heavy atom. The van der Waals surface area contributed by atoms with Gasteiger partial charge in [0.05, 0.1) is 11.0 Å². The Bertz CT molecular complexity index is 808. The van der Waals surface area contributed by atoms with E-state index in [9.17, 15) is 5.21 Å². The first-order chi connectivity index (χ1) is 11.3. The van der Waals surface area contributed by atoms with Crippen LogP contribution in [0.15, 0.2) is 59.6 Å². The number of amidine groups is 1. The highest BCUT2D eigenvalue weighted by Crippen LogP contribution is 2.23. The van der Waals surface area contributed by atoms with Crippen LogP contribution in [-0.2, 0) is 6.54 Å². The molecule has 1 aromatic heterocycles. The lowest BCUT2D eigenvalue weighted by Gasteiger charge is -2.08. The van der Waals surface area contributed by atoms with Crippen molar-refractivity contribution >= 4 is 22.8 Å². The molecule has 3 rings (SSSR count). The van der Waals surface area contributed by atoms with E-state index in [1.54, 1.807) is 0 Å².